The largest absolute Gasteiger partial charge is 0.0994 e. The van der Waals surface area contributed by atoms with Crippen molar-refractivity contribution < 1.29 is 0 Å². The highest BCUT2D eigenvalue weighted by Crippen LogP contribution is 2.83. The maximum atomic E-state index is 2.55. The van der Waals surface area contributed by atoms with E-state index in [1.807, 2.05) is 0 Å². The van der Waals surface area contributed by atoms with Crippen LogP contribution >= 0.6 is 7.92 Å². The van der Waals surface area contributed by atoms with Crippen LogP contribution in [0.3, 0.4) is 0 Å². The molecule has 3 aliphatic rings. The highest BCUT2D eigenvalue weighted by Gasteiger charge is 2.69. The Bertz CT molecular complexity index is 262. The van der Waals surface area contributed by atoms with Crippen LogP contribution in [-0.2, 0) is 0 Å². The predicted octanol–water partition coefficient (Wildman–Crippen LogP) is 5.50. The molecule has 0 N–H and O–H groups in total. The molecule has 0 aromatic rings. The topological polar surface area (TPSA) is 0 Å². The molecule has 2 heterocycles. The standard InChI is InChI=1S/C13H23P.C3H8/c1-4-5-9(2)13-6-10(3)14-8-11(7-13)12(13)14;1-3-2/h9-12H,4-8H2,1-3H3;3H2,1-2H3. The smallest absolute Gasteiger partial charge is 0.0115 e. The van der Waals surface area contributed by atoms with Crippen LogP contribution < -0.4 is 0 Å². The fourth-order valence-corrected chi connectivity index (χ4v) is 8.86. The van der Waals surface area contributed by atoms with Gasteiger partial charge in [0.15, 0.2) is 0 Å². The zero-order chi connectivity index (χ0) is 12.6. The Balaban J connectivity index is 0.000000329. The van der Waals surface area contributed by atoms with Crippen molar-refractivity contribution in [3.8, 4) is 0 Å². The first-order chi connectivity index (χ1) is 8.10. The SMILES string of the molecule is CCC.CCCC(C)C12CC3CP(C(C)C1)C32. The van der Waals surface area contributed by atoms with Crippen LogP contribution in [0.25, 0.3) is 0 Å². The number of rotatable bonds is 3. The molecule has 6 atom stereocenters. The summed E-state index contributed by atoms with van der Waals surface area (Å²) in [6, 6.07) is 0. The third-order valence-corrected chi connectivity index (χ3v) is 9.28. The highest BCUT2D eigenvalue weighted by atomic mass is 31.1. The lowest BCUT2D eigenvalue weighted by Gasteiger charge is -2.63. The average Bonchev–Trinajstić information content (AvgIpc) is 2.37. The van der Waals surface area contributed by atoms with Gasteiger partial charge in [-0.3, -0.25) is 0 Å². The van der Waals surface area contributed by atoms with Crippen LogP contribution in [0, 0.1) is 17.3 Å². The van der Waals surface area contributed by atoms with E-state index in [1.165, 1.54) is 30.8 Å². The molecule has 1 aliphatic carbocycles. The fourth-order valence-electron chi connectivity index (χ4n) is 4.78. The Hall–Kier alpha value is 0.430. The first-order valence-corrected chi connectivity index (χ1v) is 9.52. The van der Waals surface area contributed by atoms with Crippen molar-refractivity contribution in [3.63, 3.8) is 0 Å². The molecule has 6 unspecified atom stereocenters. The van der Waals surface area contributed by atoms with Crippen molar-refractivity contribution in [1.82, 2.24) is 0 Å². The monoisotopic (exact) mass is 254 g/mol. The summed E-state index contributed by atoms with van der Waals surface area (Å²) in [7, 11) is 0.512. The summed E-state index contributed by atoms with van der Waals surface area (Å²) < 4.78 is 0. The van der Waals surface area contributed by atoms with Crippen LogP contribution in [0.15, 0.2) is 0 Å². The molecule has 0 aromatic carbocycles. The van der Waals surface area contributed by atoms with E-state index in [9.17, 15) is 0 Å². The number of hydrogen-bond donors (Lipinski definition) is 0. The molecule has 0 nitrogen and oxygen atoms in total. The van der Waals surface area contributed by atoms with Gasteiger partial charge in [0.05, 0.1) is 0 Å². The molecule has 0 radical (unpaired) electrons. The van der Waals surface area contributed by atoms with Gasteiger partial charge in [-0.25, -0.2) is 0 Å². The molecule has 2 saturated heterocycles. The van der Waals surface area contributed by atoms with Gasteiger partial charge in [0.1, 0.15) is 0 Å². The van der Waals surface area contributed by atoms with E-state index < -0.39 is 0 Å². The Labute approximate surface area is 110 Å². The van der Waals surface area contributed by atoms with E-state index in [0.29, 0.717) is 7.92 Å². The minimum Gasteiger partial charge on any atom is -0.0994 e. The summed E-state index contributed by atoms with van der Waals surface area (Å²) >= 11 is 0. The van der Waals surface area contributed by atoms with Crippen molar-refractivity contribution in [2.45, 2.75) is 78.0 Å². The van der Waals surface area contributed by atoms with Crippen LogP contribution in [0.4, 0.5) is 0 Å². The van der Waals surface area contributed by atoms with Gasteiger partial charge in [-0.1, -0.05) is 61.8 Å². The van der Waals surface area contributed by atoms with Gasteiger partial charge >= 0.3 is 0 Å². The quantitative estimate of drug-likeness (QED) is 0.583. The van der Waals surface area contributed by atoms with E-state index in [2.05, 4.69) is 34.6 Å². The Morgan fingerprint density at radius 1 is 1.24 bits per heavy atom. The third kappa shape index (κ3) is 1.99. The van der Waals surface area contributed by atoms with Crippen molar-refractivity contribution in [1.29, 1.82) is 0 Å². The molecule has 0 aromatic heterocycles. The summed E-state index contributed by atoms with van der Waals surface area (Å²) in [6.45, 7) is 11.7. The van der Waals surface area contributed by atoms with Crippen LogP contribution in [-0.4, -0.2) is 17.5 Å². The first-order valence-electron chi connectivity index (χ1n) is 7.86. The predicted molar refractivity (Wildman–Crippen MR) is 80.2 cm³/mol. The summed E-state index contributed by atoms with van der Waals surface area (Å²) in [6.07, 6.45) is 9.00. The Kier molecular flexibility index (Phi) is 4.24. The second-order valence-electron chi connectivity index (χ2n) is 6.79. The Morgan fingerprint density at radius 2 is 1.88 bits per heavy atom. The van der Waals surface area contributed by atoms with Gasteiger partial charge in [0.2, 0.25) is 0 Å². The zero-order valence-corrected chi connectivity index (χ0v) is 13.4. The molecule has 2 aliphatic heterocycles. The molecular weight excluding hydrogens is 223 g/mol. The summed E-state index contributed by atoms with van der Waals surface area (Å²) in [4.78, 5) is 0. The van der Waals surface area contributed by atoms with E-state index in [0.717, 1.165) is 17.0 Å². The summed E-state index contributed by atoms with van der Waals surface area (Å²) in [5.41, 5.74) is 3.23. The molecule has 0 amide bonds. The van der Waals surface area contributed by atoms with Crippen molar-refractivity contribution >= 4 is 7.92 Å². The lowest BCUT2D eigenvalue weighted by atomic mass is 9.53. The van der Waals surface area contributed by atoms with E-state index in [4.69, 9.17) is 0 Å². The molecule has 0 bridgehead atoms. The third-order valence-electron chi connectivity index (χ3n) is 5.43. The van der Waals surface area contributed by atoms with Gasteiger partial charge in [-0.2, -0.15) is 0 Å². The van der Waals surface area contributed by atoms with Crippen LogP contribution in [0.2, 0.25) is 0 Å². The molecule has 1 heteroatoms. The summed E-state index contributed by atoms with van der Waals surface area (Å²) in [5.74, 6) is 2.23. The molecule has 0 spiro atoms. The maximum Gasteiger partial charge on any atom is -0.0115 e. The zero-order valence-electron chi connectivity index (χ0n) is 12.5. The Morgan fingerprint density at radius 3 is 2.41 bits per heavy atom. The second kappa shape index (κ2) is 5.20. The average molecular weight is 254 g/mol. The summed E-state index contributed by atoms with van der Waals surface area (Å²) in [5, 5.41) is 0. The lowest BCUT2D eigenvalue weighted by molar-refractivity contribution is 0.00798. The van der Waals surface area contributed by atoms with Gasteiger partial charge in [0.25, 0.3) is 0 Å². The molecule has 3 fully saturated rings. The molecule has 100 valence electrons. The van der Waals surface area contributed by atoms with Crippen molar-refractivity contribution in [3.05, 3.63) is 0 Å². The highest BCUT2D eigenvalue weighted by molar-refractivity contribution is 7.61. The van der Waals surface area contributed by atoms with Gasteiger partial charge in [-0.05, 0) is 47.6 Å². The van der Waals surface area contributed by atoms with Crippen molar-refractivity contribution in [2.75, 3.05) is 6.16 Å². The minimum absolute atomic E-state index is 0.512. The van der Waals surface area contributed by atoms with Crippen LogP contribution in [0.1, 0.15) is 66.7 Å². The molecule has 3 rings (SSSR count). The van der Waals surface area contributed by atoms with E-state index in [-0.39, 0.29) is 0 Å². The maximum absolute atomic E-state index is 2.55. The van der Waals surface area contributed by atoms with Crippen LogP contribution in [0.5, 0.6) is 0 Å². The van der Waals surface area contributed by atoms with E-state index >= 15 is 0 Å². The van der Waals surface area contributed by atoms with Gasteiger partial charge in [0, 0.05) is 0 Å². The van der Waals surface area contributed by atoms with Crippen molar-refractivity contribution in [2.24, 2.45) is 17.3 Å². The first kappa shape index (κ1) is 13.9. The molecular formula is C16H31P. The molecule has 17 heavy (non-hydrogen) atoms. The fraction of sp³-hybridized carbons (Fsp3) is 1.00. The molecule has 1 saturated carbocycles. The normalized spacial score (nSPS) is 47.1. The van der Waals surface area contributed by atoms with Gasteiger partial charge in [-0.15, -0.1) is 0 Å². The van der Waals surface area contributed by atoms with Gasteiger partial charge < -0.3 is 0 Å². The lowest BCUT2D eigenvalue weighted by Crippen LogP contribution is -2.58. The number of hydrogen-bond acceptors (Lipinski definition) is 0. The minimum atomic E-state index is 0.512. The second-order valence-corrected chi connectivity index (χ2v) is 9.62. The van der Waals surface area contributed by atoms with E-state index in [1.54, 1.807) is 19.0 Å².